The van der Waals surface area contributed by atoms with Gasteiger partial charge in [-0.1, -0.05) is 6.08 Å². The summed E-state index contributed by atoms with van der Waals surface area (Å²) in [4.78, 5) is 33.6. The number of ether oxygens (including phenoxy) is 2. The van der Waals surface area contributed by atoms with Crippen LogP contribution in [0.2, 0.25) is 0 Å². The van der Waals surface area contributed by atoms with Gasteiger partial charge in [-0.2, -0.15) is 0 Å². The van der Waals surface area contributed by atoms with Crippen LogP contribution in [0.1, 0.15) is 0 Å². The predicted octanol–water partition coefficient (Wildman–Crippen LogP) is 1.83. The van der Waals surface area contributed by atoms with Crippen molar-refractivity contribution in [1.82, 2.24) is 0 Å². The van der Waals surface area contributed by atoms with Crippen molar-refractivity contribution in [2.24, 2.45) is 0 Å². The third-order valence-corrected chi connectivity index (χ3v) is 2.78. The van der Waals surface area contributed by atoms with Gasteiger partial charge in [-0.3, -0.25) is 10.1 Å². The summed E-state index contributed by atoms with van der Waals surface area (Å²) in [7, 11) is 2.29. The highest BCUT2D eigenvalue weighted by Gasteiger charge is 2.17. The van der Waals surface area contributed by atoms with Crippen LogP contribution < -0.4 is 10.6 Å². The highest BCUT2D eigenvalue weighted by molar-refractivity contribution is 5.98. The number of carbonyl (C=O) groups is 2. The van der Waals surface area contributed by atoms with E-state index in [1.54, 1.807) is 6.08 Å². The van der Waals surface area contributed by atoms with Crippen molar-refractivity contribution < 1.29 is 24.0 Å². The first kappa shape index (κ1) is 18.7. The topological polar surface area (TPSA) is 120 Å². The average Bonchev–Trinajstić information content (AvgIpc) is 2.58. The molecule has 1 aromatic carbocycles. The fourth-order valence-electron chi connectivity index (χ4n) is 1.68. The Kier molecular flexibility index (Phi) is 6.96. The average molecular weight is 335 g/mol. The van der Waals surface area contributed by atoms with Crippen LogP contribution in [0.4, 0.5) is 17.1 Å². The van der Waals surface area contributed by atoms with E-state index in [-0.39, 0.29) is 17.1 Å². The maximum atomic E-state index is 11.7. The molecule has 0 bridgehead atoms. The lowest BCUT2D eigenvalue weighted by Gasteiger charge is -2.11. The van der Waals surface area contributed by atoms with Crippen molar-refractivity contribution in [2.75, 3.05) is 31.4 Å². The van der Waals surface area contributed by atoms with E-state index in [1.807, 2.05) is 0 Å². The monoisotopic (exact) mass is 335 g/mol. The Hall–Kier alpha value is -3.36. The highest BCUT2D eigenvalue weighted by Crippen LogP contribution is 2.28. The molecular formula is C15H17N3O6. The number of methoxy groups -OCH3 is 2. The molecule has 0 radical (unpaired) electrons. The number of hydrogen-bond donors (Lipinski definition) is 2. The molecule has 0 fully saturated rings. The normalized spacial score (nSPS) is 10.5. The summed E-state index contributed by atoms with van der Waals surface area (Å²) >= 11 is 0. The van der Waals surface area contributed by atoms with E-state index in [9.17, 15) is 19.7 Å². The van der Waals surface area contributed by atoms with Gasteiger partial charge in [-0.05, 0) is 12.1 Å². The predicted molar refractivity (Wildman–Crippen MR) is 87.5 cm³/mol. The molecule has 0 aliphatic heterocycles. The third-order valence-electron chi connectivity index (χ3n) is 2.78. The Morgan fingerprint density at radius 1 is 1.33 bits per heavy atom. The van der Waals surface area contributed by atoms with Gasteiger partial charge in [0.25, 0.3) is 5.69 Å². The number of rotatable bonds is 8. The van der Waals surface area contributed by atoms with Crippen LogP contribution >= 0.6 is 0 Å². The zero-order valence-electron chi connectivity index (χ0n) is 13.2. The van der Waals surface area contributed by atoms with Crippen molar-refractivity contribution >= 4 is 29.0 Å². The zero-order valence-corrected chi connectivity index (χ0v) is 13.2. The molecule has 0 spiro atoms. The van der Waals surface area contributed by atoms with Gasteiger partial charge < -0.3 is 20.1 Å². The first-order valence-corrected chi connectivity index (χ1v) is 6.71. The van der Waals surface area contributed by atoms with Gasteiger partial charge in [0.15, 0.2) is 0 Å². The summed E-state index contributed by atoms with van der Waals surface area (Å²) < 4.78 is 9.00. The van der Waals surface area contributed by atoms with Crippen molar-refractivity contribution in [1.29, 1.82) is 0 Å². The minimum atomic E-state index is -0.822. The molecule has 0 atom stereocenters. The summed E-state index contributed by atoms with van der Waals surface area (Å²) in [6, 6.07) is 4.20. The molecule has 0 aromatic heterocycles. The molecular weight excluding hydrogens is 318 g/mol. The standard InChI is InChI=1S/C15H17N3O6/c1-4-7-16-11-6-5-10(8-13(11)18(21)22)17-12(15(20)24-3)9-14(19)23-2/h4-6,8-9,16-17H,1,7H2,2-3H3/b12-9+. The van der Waals surface area contributed by atoms with E-state index in [1.165, 1.54) is 18.2 Å². The van der Waals surface area contributed by atoms with Crippen LogP contribution in [0.25, 0.3) is 0 Å². The number of hydrogen-bond acceptors (Lipinski definition) is 8. The van der Waals surface area contributed by atoms with E-state index in [0.29, 0.717) is 12.2 Å². The van der Waals surface area contributed by atoms with Crippen LogP contribution in [0.15, 0.2) is 42.6 Å². The van der Waals surface area contributed by atoms with Gasteiger partial charge >= 0.3 is 11.9 Å². The fraction of sp³-hybridized carbons (Fsp3) is 0.200. The lowest BCUT2D eigenvalue weighted by Crippen LogP contribution is -2.15. The van der Waals surface area contributed by atoms with Crippen LogP contribution in [-0.2, 0) is 19.1 Å². The molecule has 9 nitrogen and oxygen atoms in total. The van der Waals surface area contributed by atoms with Crippen LogP contribution in [0, 0.1) is 10.1 Å². The van der Waals surface area contributed by atoms with Gasteiger partial charge in [0, 0.05) is 18.3 Å². The van der Waals surface area contributed by atoms with Gasteiger partial charge in [-0.15, -0.1) is 6.58 Å². The second-order valence-corrected chi connectivity index (χ2v) is 4.36. The molecule has 0 unspecified atom stereocenters. The maximum absolute atomic E-state index is 11.7. The van der Waals surface area contributed by atoms with E-state index in [2.05, 4.69) is 26.7 Å². The molecule has 24 heavy (non-hydrogen) atoms. The maximum Gasteiger partial charge on any atom is 0.354 e. The molecule has 0 saturated heterocycles. The fourth-order valence-corrected chi connectivity index (χ4v) is 1.68. The molecule has 1 aromatic rings. The van der Waals surface area contributed by atoms with E-state index >= 15 is 0 Å². The highest BCUT2D eigenvalue weighted by atomic mass is 16.6. The number of nitro benzene ring substituents is 1. The Morgan fingerprint density at radius 2 is 2.04 bits per heavy atom. The molecule has 2 N–H and O–H groups in total. The summed E-state index contributed by atoms with van der Waals surface area (Å²) in [6.07, 6.45) is 2.45. The Bertz CT molecular complexity index is 684. The van der Waals surface area contributed by atoms with Crippen molar-refractivity contribution in [3.8, 4) is 0 Å². The largest absolute Gasteiger partial charge is 0.466 e. The van der Waals surface area contributed by atoms with Crippen molar-refractivity contribution in [3.05, 3.63) is 52.7 Å². The quantitative estimate of drug-likeness (QED) is 0.243. The SMILES string of the molecule is C=CCNc1ccc(N/C(=C/C(=O)OC)C(=O)OC)cc1[N+](=O)[O-]. The van der Waals surface area contributed by atoms with Gasteiger partial charge in [0.05, 0.1) is 25.2 Å². The number of esters is 2. The molecule has 0 aliphatic carbocycles. The second-order valence-electron chi connectivity index (χ2n) is 4.36. The van der Waals surface area contributed by atoms with Crippen LogP contribution in [-0.4, -0.2) is 37.6 Å². The molecule has 0 aliphatic rings. The van der Waals surface area contributed by atoms with E-state index < -0.39 is 16.9 Å². The first-order valence-electron chi connectivity index (χ1n) is 6.71. The van der Waals surface area contributed by atoms with Gasteiger partial charge in [0.2, 0.25) is 0 Å². The lowest BCUT2D eigenvalue weighted by atomic mass is 10.2. The lowest BCUT2D eigenvalue weighted by molar-refractivity contribution is -0.383. The first-order chi connectivity index (χ1) is 11.4. The van der Waals surface area contributed by atoms with Crippen LogP contribution in [0.3, 0.4) is 0 Å². The number of anilines is 2. The minimum Gasteiger partial charge on any atom is -0.466 e. The molecule has 0 amide bonds. The zero-order chi connectivity index (χ0) is 18.1. The molecule has 0 heterocycles. The number of benzene rings is 1. The summed E-state index contributed by atoms with van der Waals surface area (Å²) in [5, 5.41) is 16.6. The number of carbonyl (C=O) groups excluding carboxylic acids is 2. The number of nitro groups is 1. The smallest absolute Gasteiger partial charge is 0.354 e. The van der Waals surface area contributed by atoms with E-state index in [4.69, 9.17) is 0 Å². The summed E-state index contributed by atoms with van der Waals surface area (Å²) in [5.41, 5.74) is 0.100. The summed E-state index contributed by atoms with van der Waals surface area (Å²) in [5.74, 6) is -1.60. The van der Waals surface area contributed by atoms with Crippen molar-refractivity contribution in [3.63, 3.8) is 0 Å². The van der Waals surface area contributed by atoms with E-state index in [0.717, 1.165) is 20.3 Å². The van der Waals surface area contributed by atoms with Crippen molar-refractivity contribution in [2.45, 2.75) is 0 Å². The molecule has 1 rings (SSSR count). The number of nitrogens with one attached hydrogen (secondary N) is 2. The molecule has 9 heteroatoms. The minimum absolute atomic E-state index is 0.205. The third kappa shape index (κ3) is 5.13. The Morgan fingerprint density at radius 3 is 2.58 bits per heavy atom. The Balaban J connectivity index is 3.15. The second kappa shape index (κ2) is 8.93. The van der Waals surface area contributed by atoms with Crippen LogP contribution in [0.5, 0.6) is 0 Å². The number of nitrogens with zero attached hydrogens (tertiary/aromatic N) is 1. The summed E-state index contributed by atoms with van der Waals surface area (Å²) in [6.45, 7) is 3.87. The molecule has 128 valence electrons. The van der Waals surface area contributed by atoms with Gasteiger partial charge in [0.1, 0.15) is 11.4 Å². The molecule has 0 saturated carbocycles. The van der Waals surface area contributed by atoms with Gasteiger partial charge in [-0.25, -0.2) is 9.59 Å². The Labute approximate surface area is 138 Å².